The second-order valence-corrected chi connectivity index (χ2v) is 1.56. The number of carbonyl (C=O) groups excluding carboxylic acids is 1. The van der Waals surface area contributed by atoms with Gasteiger partial charge in [0.05, 0.1) is 0 Å². The summed E-state index contributed by atoms with van der Waals surface area (Å²) in [6.45, 7) is 0. The Morgan fingerprint density at radius 1 is 1.67 bits per heavy atom. The van der Waals surface area contributed by atoms with E-state index in [-0.39, 0.29) is 5.24 Å². The second kappa shape index (κ2) is 2.18. The Morgan fingerprint density at radius 2 is 1.83 bits per heavy atom. The molecule has 0 rings (SSSR count). The van der Waals surface area contributed by atoms with Gasteiger partial charge in [-0.25, -0.2) is 0 Å². The van der Waals surface area contributed by atoms with Crippen LogP contribution >= 0.6 is 12.6 Å². The lowest BCUT2D eigenvalue weighted by Gasteiger charge is -2.02. The molecule has 0 N–H and O–H groups in total. The molecular weight excluding hydrogens is 95.7 g/mol. The summed E-state index contributed by atoms with van der Waals surface area (Å²) in [5, 5.41) is -0.213. The predicted octanol–water partition coefficient (Wildman–Crippen LogP) is -1.57. The van der Waals surface area contributed by atoms with E-state index in [1.807, 2.05) is 0 Å². The zero-order valence-corrected chi connectivity index (χ0v) is 4.70. The lowest BCUT2D eigenvalue weighted by Crippen LogP contribution is -2.17. The van der Waals surface area contributed by atoms with Gasteiger partial charge in [-0.3, -0.25) is 4.79 Å². The first-order chi connectivity index (χ1) is 2.64. The third kappa shape index (κ3) is 2.20. The Labute approximate surface area is 44.2 Å². The Bertz CT molecular complexity index is 64.6. The monoisotopic (exact) mass is 101 g/mol. The van der Waals surface area contributed by atoms with Gasteiger partial charge in [0, 0.05) is 0 Å². The van der Waals surface area contributed by atoms with Crippen LogP contribution in [0.25, 0.3) is 0 Å². The van der Waals surface area contributed by atoms with Crippen LogP contribution in [-0.2, 0) is 0 Å². The average Bonchev–Trinajstić information content (AvgIpc) is 1.36. The van der Waals surface area contributed by atoms with E-state index in [1.54, 1.807) is 16.0 Å². The van der Waals surface area contributed by atoms with Gasteiger partial charge in [-0.05, 0) is 0 Å². The zero-order valence-electron chi connectivity index (χ0n) is 3.80. The summed E-state index contributed by atoms with van der Waals surface area (Å²) < 4.78 is 1.39. The van der Waals surface area contributed by atoms with Crippen molar-refractivity contribution in [3.8, 4) is 0 Å². The van der Waals surface area contributed by atoms with Crippen molar-refractivity contribution in [1.82, 2.24) is 4.72 Å². The first-order valence-electron chi connectivity index (χ1n) is 1.55. The van der Waals surface area contributed by atoms with Crippen LogP contribution < -0.4 is 0 Å². The van der Waals surface area contributed by atoms with Crippen LogP contribution in [0.15, 0.2) is 0 Å². The van der Waals surface area contributed by atoms with Gasteiger partial charge in [0.2, 0.25) is 16.0 Å². The Morgan fingerprint density at radius 3 is 1.83 bits per heavy atom. The van der Waals surface area contributed by atoms with Gasteiger partial charge in [-0.15, -0.1) is 0 Å². The van der Waals surface area contributed by atoms with Gasteiger partial charge in [-0.2, -0.15) is 0 Å². The summed E-state index contributed by atoms with van der Waals surface area (Å²) in [6, 6.07) is 0. The minimum absolute atomic E-state index is 0.213. The molecule has 0 heterocycles. The van der Waals surface area contributed by atoms with Crippen molar-refractivity contribution < 1.29 is 4.79 Å². The van der Waals surface area contributed by atoms with Gasteiger partial charge >= 0.3 is 0 Å². The van der Waals surface area contributed by atoms with E-state index in [9.17, 15) is 4.79 Å². The minimum Gasteiger partial charge on any atom is -0.434 e. The molecule has 0 atom stereocenters. The highest BCUT2D eigenvalue weighted by Gasteiger charge is 1.89. The van der Waals surface area contributed by atoms with Gasteiger partial charge in [0.1, 0.15) is 0 Å². The summed E-state index contributed by atoms with van der Waals surface area (Å²) in [7, 11) is 3.30. The Kier molecular flexibility index (Phi) is 2.16. The van der Waals surface area contributed by atoms with E-state index in [1.165, 1.54) is 4.72 Å². The molecule has 6 heavy (non-hydrogen) atoms. The number of amides is 1. The molecule has 0 saturated heterocycles. The summed E-state index contributed by atoms with van der Waals surface area (Å²) in [4.78, 5) is 9.93. The highest BCUT2D eigenvalue weighted by atomic mass is 32.1. The number of nitrogens with zero attached hydrogens (tertiary/aromatic N) is 1. The van der Waals surface area contributed by atoms with Crippen molar-refractivity contribution in [3.63, 3.8) is 0 Å². The standard InChI is InChI=1S/CH5B2NOS/c2-4(3)1(5)6/h2-3H2,(H,5,6). The number of rotatable bonds is 0. The van der Waals surface area contributed by atoms with Crippen molar-refractivity contribution in [2.24, 2.45) is 0 Å². The maximum atomic E-state index is 9.93. The molecule has 0 aromatic carbocycles. The molecule has 0 fully saturated rings. The molecule has 0 aliphatic rings. The fourth-order valence-corrected chi connectivity index (χ4v) is 0. The Balaban J connectivity index is 3.26. The molecule has 0 radical (unpaired) electrons. The first kappa shape index (κ1) is 5.95. The van der Waals surface area contributed by atoms with Crippen LogP contribution in [0.5, 0.6) is 0 Å². The van der Waals surface area contributed by atoms with Crippen LogP contribution in [0.4, 0.5) is 4.79 Å². The average molecular weight is 101 g/mol. The highest BCUT2D eigenvalue weighted by Crippen LogP contribution is 1.80. The molecule has 0 unspecified atom stereocenters. The van der Waals surface area contributed by atoms with E-state index >= 15 is 0 Å². The fourth-order valence-electron chi connectivity index (χ4n) is 0. The van der Waals surface area contributed by atoms with E-state index in [0.717, 1.165) is 0 Å². The van der Waals surface area contributed by atoms with Gasteiger partial charge < -0.3 is 4.72 Å². The quantitative estimate of drug-likeness (QED) is 0.288. The second-order valence-electron chi connectivity index (χ2n) is 1.18. The maximum Gasteiger partial charge on any atom is 0.253 e. The van der Waals surface area contributed by atoms with Crippen LogP contribution in [0.3, 0.4) is 0 Å². The number of hydrogen-bond acceptors (Lipinski definition) is 1. The van der Waals surface area contributed by atoms with Crippen molar-refractivity contribution in [1.29, 1.82) is 0 Å². The molecule has 1 amide bonds. The molecule has 0 aliphatic carbocycles. The normalized spacial score (nSPS) is 7.50. The molecule has 0 spiro atoms. The molecule has 0 aromatic heterocycles. The first-order valence-corrected chi connectivity index (χ1v) is 1.99. The van der Waals surface area contributed by atoms with Crippen molar-refractivity contribution in [2.75, 3.05) is 0 Å². The number of hydrogen-bond donors (Lipinski definition) is 1. The highest BCUT2D eigenvalue weighted by molar-refractivity contribution is 7.96. The minimum atomic E-state index is -0.213. The molecule has 32 valence electrons. The zero-order chi connectivity index (χ0) is 5.15. The van der Waals surface area contributed by atoms with Crippen LogP contribution in [0, 0.1) is 0 Å². The van der Waals surface area contributed by atoms with Crippen LogP contribution in [0.2, 0.25) is 0 Å². The molecule has 5 heteroatoms. The van der Waals surface area contributed by atoms with E-state index in [0.29, 0.717) is 0 Å². The molecule has 0 bridgehead atoms. The summed E-state index contributed by atoms with van der Waals surface area (Å²) in [5.74, 6) is 0. The number of carbonyl (C=O) groups is 1. The molecule has 0 aliphatic heterocycles. The molecular formula is CH5B2NOS. The third-order valence-electron chi connectivity index (χ3n) is 0.383. The summed E-state index contributed by atoms with van der Waals surface area (Å²) >= 11 is 3.48. The lowest BCUT2D eigenvalue weighted by atomic mass is 10.2. The summed E-state index contributed by atoms with van der Waals surface area (Å²) in [5.41, 5.74) is 0. The SMILES string of the molecule is BN(B)C(=O)S. The lowest BCUT2D eigenvalue weighted by molar-refractivity contribution is 0.257. The van der Waals surface area contributed by atoms with Crippen LogP contribution in [0.1, 0.15) is 0 Å². The van der Waals surface area contributed by atoms with Gasteiger partial charge in [-0.1, -0.05) is 12.6 Å². The molecule has 2 nitrogen and oxygen atoms in total. The van der Waals surface area contributed by atoms with Crippen molar-refractivity contribution in [3.05, 3.63) is 0 Å². The number of thiol groups is 1. The maximum absolute atomic E-state index is 9.93. The van der Waals surface area contributed by atoms with Crippen molar-refractivity contribution >= 4 is 33.8 Å². The van der Waals surface area contributed by atoms with Crippen LogP contribution in [-0.4, -0.2) is 25.9 Å². The molecule has 0 aromatic rings. The summed E-state index contributed by atoms with van der Waals surface area (Å²) in [6.07, 6.45) is 0. The van der Waals surface area contributed by atoms with E-state index < -0.39 is 0 Å². The predicted molar refractivity (Wildman–Crippen MR) is 33.3 cm³/mol. The van der Waals surface area contributed by atoms with Gasteiger partial charge in [0.25, 0.3) is 5.24 Å². The fraction of sp³-hybridized carbons (Fsp3) is 0. The molecule has 0 saturated carbocycles. The van der Waals surface area contributed by atoms with E-state index in [4.69, 9.17) is 0 Å². The third-order valence-corrected chi connectivity index (χ3v) is 0.783. The van der Waals surface area contributed by atoms with Gasteiger partial charge in [0.15, 0.2) is 0 Å². The topological polar surface area (TPSA) is 20.3 Å². The smallest absolute Gasteiger partial charge is 0.253 e. The largest absolute Gasteiger partial charge is 0.434 e. The Hall–Kier alpha value is -0.0501. The van der Waals surface area contributed by atoms with E-state index in [2.05, 4.69) is 12.6 Å². The van der Waals surface area contributed by atoms with Crippen molar-refractivity contribution in [2.45, 2.75) is 0 Å².